The third-order valence-corrected chi connectivity index (χ3v) is 4.05. The number of benzene rings is 1. The van der Waals surface area contributed by atoms with Crippen LogP contribution >= 0.6 is 0 Å². The maximum atomic E-state index is 11.6. The minimum atomic E-state index is -0.420. The van der Waals surface area contributed by atoms with Crippen LogP contribution in [0.5, 0.6) is 0 Å². The van der Waals surface area contributed by atoms with Crippen LogP contribution in [0, 0.1) is 0 Å². The molecule has 20 heavy (non-hydrogen) atoms. The maximum Gasteiger partial charge on any atom is 0.340 e. The molecular formula is C15H19N3O2. The van der Waals surface area contributed by atoms with Crippen molar-refractivity contribution in [1.29, 1.82) is 0 Å². The zero-order chi connectivity index (χ0) is 14.1. The van der Waals surface area contributed by atoms with E-state index in [0.29, 0.717) is 17.3 Å². The number of nitrogens with two attached hydrogens (primary N) is 1. The van der Waals surface area contributed by atoms with E-state index in [9.17, 15) is 4.79 Å². The highest BCUT2D eigenvalue weighted by Crippen LogP contribution is 2.30. The lowest BCUT2D eigenvalue weighted by Gasteiger charge is -2.21. The molecule has 5 heteroatoms. The summed E-state index contributed by atoms with van der Waals surface area (Å²) in [5.41, 5.74) is 7.53. The van der Waals surface area contributed by atoms with E-state index in [-0.39, 0.29) is 0 Å². The van der Waals surface area contributed by atoms with Gasteiger partial charge < -0.3 is 10.5 Å². The van der Waals surface area contributed by atoms with E-state index in [1.165, 1.54) is 39.2 Å². The second kappa shape index (κ2) is 5.15. The molecule has 2 aromatic rings. The SMILES string of the molecule is COC(=O)c1cc2nn(C3CCCCC3)cc2cc1N. The number of rotatable bonds is 2. The summed E-state index contributed by atoms with van der Waals surface area (Å²) in [6.45, 7) is 0. The van der Waals surface area contributed by atoms with Gasteiger partial charge in [-0.05, 0) is 25.0 Å². The molecule has 0 aliphatic heterocycles. The second-order valence-electron chi connectivity index (χ2n) is 5.39. The number of hydrogen-bond donors (Lipinski definition) is 1. The highest BCUT2D eigenvalue weighted by atomic mass is 16.5. The van der Waals surface area contributed by atoms with Crippen LogP contribution in [0.2, 0.25) is 0 Å². The Kier molecular flexibility index (Phi) is 3.34. The van der Waals surface area contributed by atoms with Crippen molar-refractivity contribution in [1.82, 2.24) is 9.78 Å². The zero-order valence-corrected chi connectivity index (χ0v) is 11.6. The fraction of sp³-hybridized carbons (Fsp3) is 0.467. The fourth-order valence-electron chi connectivity index (χ4n) is 2.93. The van der Waals surface area contributed by atoms with Gasteiger partial charge in [-0.2, -0.15) is 5.10 Å². The number of anilines is 1. The van der Waals surface area contributed by atoms with Crippen LogP contribution in [0.25, 0.3) is 10.9 Å². The number of nitrogen functional groups attached to an aromatic ring is 1. The molecule has 106 valence electrons. The molecule has 0 bridgehead atoms. The van der Waals surface area contributed by atoms with E-state index in [1.54, 1.807) is 12.1 Å². The third-order valence-electron chi connectivity index (χ3n) is 4.05. The molecule has 3 rings (SSSR count). The van der Waals surface area contributed by atoms with Crippen LogP contribution in [0.1, 0.15) is 48.5 Å². The van der Waals surface area contributed by atoms with Crippen molar-refractivity contribution in [2.75, 3.05) is 12.8 Å². The van der Waals surface area contributed by atoms with Gasteiger partial charge in [0.25, 0.3) is 0 Å². The lowest BCUT2D eigenvalue weighted by atomic mass is 9.96. The van der Waals surface area contributed by atoms with E-state index < -0.39 is 5.97 Å². The first-order valence-corrected chi connectivity index (χ1v) is 7.06. The van der Waals surface area contributed by atoms with Crippen LogP contribution < -0.4 is 5.73 Å². The molecule has 1 heterocycles. The van der Waals surface area contributed by atoms with Gasteiger partial charge in [0.15, 0.2) is 0 Å². The summed E-state index contributed by atoms with van der Waals surface area (Å²) in [6.07, 6.45) is 8.22. The van der Waals surface area contributed by atoms with Gasteiger partial charge in [0.05, 0.1) is 24.2 Å². The number of esters is 1. The molecule has 0 amide bonds. The molecule has 0 unspecified atom stereocenters. The number of carbonyl (C=O) groups excluding carboxylic acids is 1. The molecule has 5 nitrogen and oxygen atoms in total. The van der Waals surface area contributed by atoms with Gasteiger partial charge in [-0.3, -0.25) is 4.68 Å². The smallest absolute Gasteiger partial charge is 0.340 e. The number of fused-ring (bicyclic) bond motifs is 1. The highest BCUT2D eigenvalue weighted by Gasteiger charge is 2.18. The molecule has 2 N–H and O–H groups in total. The zero-order valence-electron chi connectivity index (χ0n) is 11.6. The van der Waals surface area contributed by atoms with Crippen LogP contribution in [0.4, 0.5) is 5.69 Å². The van der Waals surface area contributed by atoms with Gasteiger partial charge >= 0.3 is 5.97 Å². The van der Waals surface area contributed by atoms with E-state index in [4.69, 9.17) is 10.5 Å². The van der Waals surface area contributed by atoms with Gasteiger partial charge in [-0.1, -0.05) is 19.3 Å². The van der Waals surface area contributed by atoms with Crippen LogP contribution in [-0.4, -0.2) is 22.9 Å². The monoisotopic (exact) mass is 273 g/mol. The average Bonchev–Trinajstić information content (AvgIpc) is 2.89. The summed E-state index contributed by atoms with van der Waals surface area (Å²) in [6, 6.07) is 3.99. The largest absolute Gasteiger partial charge is 0.465 e. The predicted octanol–water partition coefficient (Wildman–Crippen LogP) is 2.91. The highest BCUT2D eigenvalue weighted by molar-refractivity contribution is 6.00. The summed E-state index contributed by atoms with van der Waals surface area (Å²) < 4.78 is 6.77. The van der Waals surface area contributed by atoms with Crippen molar-refractivity contribution in [2.45, 2.75) is 38.1 Å². The number of ether oxygens (including phenoxy) is 1. The van der Waals surface area contributed by atoms with Crippen molar-refractivity contribution in [3.8, 4) is 0 Å². The minimum Gasteiger partial charge on any atom is -0.465 e. The quantitative estimate of drug-likeness (QED) is 0.674. The molecule has 0 atom stereocenters. The van der Waals surface area contributed by atoms with Crippen LogP contribution in [-0.2, 0) is 4.74 Å². The van der Waals surface area contributed by atoms with Crippen molar-refractivity contribution in [2.24, 2.45) is 0 Å². The molecule has 1 aromatic heterocycles. The number of carbonyl (C=O) groups is 1. The van der Waals surface area contributed by atoms with E-state index >= 15 is 0 Å². The fourth-order valence-corrected chi connectivity index (χ4v) is 2.93. The molecule has 0 saturated heterocycles. The van der Waals surface area contributed by atoms with E-state index in [0.717, 1.165) is 10.9 Å². The Morgan fingerprint density at radius 3 is 2.80 bits per heavy atom. The summed E-state index contributed by atoms with van der Waals surface area (Å²) >= 11 is 0. The van der Waals surface area contributed by atoms with Crippen molar-refractivity contribution < 1.29 is 9.53 Å². The lowest BCUT2D eigenvalue weighted by Crippen LogP contribution is -2.12. The molecule has 0 spiro atoms. The Bertz CT molecular complexity index is 642. The Morgan fingerprint density at radius 1 is 1.35 bits per heavy atom. The van der Waals surface area contributed by atoms with Crippen LogP contribution in [0.3, 0.4) is 0 Å². The van der Waals surface area contributed by atoms with Gasteiger partial charge in [-0.25, -0.2) is 4.79 Å². The van der Waals surface area contributed by atoms with E-state index in [2.05, 4.69) is 5.10 Å². The summed E-state index contributed by atoms with van der Waals surface area (Å²) in [5, 5.41) is 5.58. The summed E-state index contributed by atoms with van der Waals surface area (Å²) in [7, 11) is 1.35. The molecule has 1 aliphatic carbocycles. The number of hydrogen-bond acceptors (Lipinski definition) is 4. The van der Waals surface area contributed by atoms with Crippen molar-refractivity contribution in [3.63, 3.8) is 0 Å². The normalized spacial score (nSPS) is 16.4. The molecule has 1 saturated carbocycles. The third kappa shape index (κ3) is 2.24. The molecule has 1 aliphatic rings. The Balaban J connectivity index is 2.00. The first-order valence-electron chi connectivity index (χ1n) is 7.06. The van der Waals surface area contributed by atoms with Crippen LogP contribution in [0.15, 0.2) is 18.3 Å². The Labute approximate surface area is 117 Å². The number of nitrogens with zero attached hydrogens (tertiary/aromatic N) is 2. The summed E-state index contributed by atoms with van der Waals surface area (Å²) in [4.78, 5) is 11.6. The second-order valence-corrected chi connectivity index (χ2v) is 5.39. The van der Waals surface area contributed by atoms with E-state index in [1.807, 2.05) is 10.9 Å². The Morgan fingerprint density at radius 2 is 2.10 bits per heavy atom. The molecule has 1 aromatic carbocycles. The molecule has 1 fully saturated rings. The van der Waals surface area contributed by atoms with Gasteiger partial charge in [0.2, 0.25) is 0 Å². The number of methoxy groups -OCH3 is 1. The minimum absolute atomic E-state index is 0.383. The van der Waals surface area contributed by atoms with Crippen molar-refractivity contribution in [3.05, 3.63) is 23.9 Å². The Hall–Kier alpha value is -2.04. The summed E-state index contributed by atoms with van der Waals surface area (Å²) in [5.74, 6) is -0.420. The lowest BCUT2D eigenvalue weighted by molar-refractivity contribution is 0.0602. The topological polar surface area (TPSA) is 70.1 Å². The first-order chi connectivity index (χ1) is 9.69. The predicted molar refractivity (Wildman–Crippen MR) is 77.6 cm³/mol. The van der Waals surface area contributed by atoms with Crippen molar-refractivity contribution >= 4 is 22.6 Å². The standard InChI is InChI=1S/C15H19N3O2/c1-20-15(19)12-8-14-10(7-13(12)16)9-18(17-14)11-5-3-2-4-6-11/h7-9,11H,2-6,16H2,1H3. The maximum absolute atomic E-state index is 11.6. The van der Waals surface area contributed by atoms with Gasteiger partial charge in [0, 0.05) is 17.3 Å². The van der Waals surface area contributed by atoms with Gasteiger partial charge in [0.1, 0.15) is 0 Å². The molecular weight excluding hydrogens is 254 g/mol. The first kappa shape index (κ1) is 13.0. The molecule has 0 radical (unpaired) electrons. The van der Waals surface area contributed by atoms with Gasteiger partial charge in [-0.15, -0.1) is 0 Å². The number of aromatic nitrogens is 2. The average molecular weight is 273 g/mol.